The molecule has 2 unspecified atom stereocenters. The highest BCUT2D eigenvalue weighted by Crippen LogP contribution is 2.49. The van der Waals surface area contributed by atoms with Crippen molar-refractivity contribution in [1.29, 1.82) is 0 Å². The van der Waals surface area contributed by atoms with Gasteiger partial charge in [0.15, 0.2) is 0 Å². The first-order chi connectivity index (χ1) is 9.16. The number of piperazine rings is 1. The molecule has 3 atom stereocenters. The van der Waals surface area contributed by atoms with Gasteiger partial charge in [0.2, 0.25) is 5.91 Å². The number of hydrogen-bond acceptors (Lipinski definition) is 2. The maximum absolute atomic E-state index is 12.5. The number of carbonyl (C=O) groups is 1. The monoisotopic (exact) mass is 322 g/mol. The van der Waals surface area contributed by atoms with Crippen molar-refractivity contribution in [2.75, 3.05) is 19.6 Å². The van der Waals surface area contributed by atoms with Gasteiger partial charge in [-0.1, -0.05) is 28.1 Å². The summed E-state index contributed by atoms with van der Waals surface area (Å²) in [6.07, 6.45) is 1.01. The molecule has 1 amide bonds. The van der Waals surface area contributed by atoms with E-state index in [9.17, 15) is 4.79 Å². The zero-order valence-electron chi connectivity index (χ0n) is 11.1. The summed E-state index contributed by atoms with van der Waals surface area (Å²) in [5.41, 5.74) is 1.29. The Kier molecular flexibility index (Phi) is 3.63. The predicted octanol–water partition coefficient (Wildman–Crippen LogP) is 2.37. The second-order valence-electron chi connectivity index (χ2n) is 5.59. The van der Waals surface area contributed by atoms with Crippen molar-refractivity contribution in [3.63, 3.8) is 0 Å². The molecule has 4 heteroatoms. The molecular weight excluding hydrogens is 304 g/mol. The van der Waals surface area contributed by atoms with Crippen LogP contribution in [0.5, 0.6) is 0 Å². The molecule has 2 aliphatic rings. The molecule has 0 spiro atoms. The Morgan fingerprint density at radius 1 is 1.47 bits per heavy atom. The van der Waals surface area contributed by atoms with Gasteiger partial charge in [-0.3, -0.25) is 4.79 Å². The Labute approximate surface area is 122 Å². The average molecular weight is 323 g/mol. The quantitative estimate of drug-likeness (QED) is 0.906. The van der Waals surface area contributed by atoms with E-state index in [2.05, 4.69) is 45.2 Å². The molecule has 0 radical (unpaired) electrons. The fourth-order valence-corrected chi connectivity index (χ4v) is 3.37. The van der Waals surface area contributed by atoms with Gasteiger partial charge in [0.05, 0.1) is 0 Å². The van der Waals surface area contributed by atoms with Gasteiger partial charge in [-0.15, -0.1) is 0 Å². The third kappa shape index (κ3) is 2.70. The van der Waals surface area contributed by atoms with E-state index in [1.54, 1.807) is 0 Å². The van der Waals surface area contributed by atoms with Gasteiger partial charge < -0.3 is 10.2 Å². The molecule has 1 N–H and O–H groups in total. The average Bonchev–Trinajstić information content (AvgIpc) is 3.19. The van der Waals surface area contributed by atoms with Crippen LogP contribution in [0.3, 0.4) is 0 Å². The molecule has 102 valence electrons. The third-order valence-electron chi connectivity index (χ3n) is 4.17. The zero-order valence-corrected chi connectivity index (χ0v) is 12.7. The van der Waals surface area contributed by atoms with Crippen molar-refractivity contribution in [3.8, 4) is 0 Å². The number of amides is 1. The fourth-order valence-electron chi connectivity index (χ4n) is 2.95. The molecular formula is C15H19BrN2O. The van der Waals surface area contributed by atoms with Crippen molar-refractivity contribution in [2.45, 2.75) is 25.3 Å². The van der Waals surface area contributed by atoms with Crippen LogP contribution in [0, 0.1) is 5.92 Å². The highest BCUT2D eigenvalue weighted by Gasteiger charge is 2.46. The van der Waals surface area contributed by atoms with Gasteiger partial charge in [-0.05, 0) is 37.0 Å². The molecule has 1 aromatic carbocycles. The topological polar surface area (TPSA) is 32.3 Å². The molecule has 3 nitrogen and oxygen atoms in total. The summed E-state index contributed by atoms with van der Waals surface area (Å²) in [5, 5.41) is 3.33. The summed E-state index contributed by atoms with van der Waals surface area (Å²) in [4.78, 5) is 14.6. The van der Waals surface area contributed by atoms with Crippen LogP contribution in [-0.4, -0.2) is 36.5 Å². The maximum Gasteiger partial charge on any atom is 0.226 e. The Balaban J connectivity index is 1.67. The molecule has 1 saturated carbocycles. The van der Waals surface area contributed by atoms with Gasteiger partial charge in [0.1, 0.15) is 0 Å². The molecule has 0 aromatic heterocycles. The lowest BCUT2D eigenvalue weighted by molar-refractivity contribution is -0.135. The third-order valence-corrected chi connectivity index (χ3v) is 4.66. The maximum atomic E-state index is 12.5. The molecule has 3 rings (SSSR count). The molecule has 1 heterocycles. The number of rotatable bonds is 2. The van der Waals surface area contributed by atoms with E-state index in [1.165, 1.54) is 5.56 Å². The lowest BCUT2D eigenvalue weighted by Crippen LogP contribution is -2.52. The van der Waals surface area contributed by atoms with Crippen LogP contribution in [0.1, 0.15) is 24.8 Å². The van der Waals surface area contributed by atoms with Crippen molar-refractivity contribution in [2.24, 2.45) is 5.92 Å². The highest BCUT2D eigenvalue weighted by molar-refractivity contribution is 9.10. The lowest BCUT2D eigenvalue weighted by Gasteiger charge is -2.34. The predicted molar refractivity (Wildman–Crippen MR) is 79.0 cm³/mol. The number of halogens is 1. The zero-order chi connectivity index (χ0) is 13.4. The summed E-state index contributed by atoms with van der Waals surface area (Å²) < 4.78 is 1.10. The number of hydrogen-bond donors (Lipinski definition) is 1. The van der Waals surface area contributed by atoms with E-state index in [-0.39, 0.29) is 5.92 Å². The minimum absolute atomic E-state index is 0.204. The molecule has 19 heavy (non-hydrogen) atoms. The van der Waals surface area contributed by atoms with E-state index < -0.39 is 0 Å². The normalized spacial score (nSPS) is 30.2. The van der Waals surface area contributed by atoms with E-state index in [1.807, 2.05) is 12.1 Å². The first-order valence-corrected chi connectivity index (χ1v) is 7.73. The Morgan fingerprint density at radius 3 is 3.05 bits per heavy atom. The van der Waals surface area contributed by atoms with Crippen molar-refractivity contribution >= 4 is 21.8 Å². The highest BCUT2D eigenvalue weighted by atomic mass is 79.9. The molecule has 2 fully saturated rings. The first-order valence-electron chi connectivity index (χ1n) is 6.93. The second-order valence-corrected chi connectivity index (χ2v) is 6.50. The molecule has 1 aliphatic heterocycles. The number of carbonyl (C=O) groups excluding carboxylic acids is 1. The molecule has 0 bridgehead atoms. The molecule has 1 saturated heterocycles. The van der Waals surface area contributed by atoms with Crippen LogP contribution in [0.4, 0.5) is 0 Å². The lowest BCUT2D eigenvalue weighted by atomic mass is 10.1. The Bertz CT molecular complexity index is 491. The van der Waals surface area contributed by atoms with Crippen LogP contribution in [0.2, 0.25) is 0 Å². The van der Waals surface area contributed by atoms with E-state index in [0.717, 1.165) is 30.5 Å². The summed E-state index contributed by atoms with van der Waals surface area (Å²) in [6.45, 7) is 4.81. The van der Waals surface area contributed by atoms with Crippen LogP contribution in [0.15, 0.2) is 28.7 Å². The number of nitrogens with one attached hydrogen (secondary N) is 1. The van der Waals surface area contributed by atoms with Gasteiger partial charge in [0.25, 0.3) is 0 Å². The van der Waals surface area contributed by atoms with Gasteiger partial charge in [-0.2, -0.15) is 0 Å². The number of benzene rings is 1. The van der Waals surface area contributed by atoms with Crippen LogP contribution in [0.25, 0.3) is 0 Å². The van der Waals surface area contributed by atoms with Gasteiger partial charge in [-0.25, -0.2) is 0 Å². The van der Waals surface area contributed by atoms with Gasteiger partial charge >= 0.3 is 0 Å². The summed E-state index contributed by atoms with van der Waals surface area (Å²) in [5.74, 6) is 0.973. The SMILES string of the molecule is C[C@@H]1CNCCN1C(=O)C1CC1c1cccc(Br)c1. The van der Waals surface area contributed by atoms with E-state index >= 15 is 0 Å². The molecule has 1 aliphatic carbocycles. The largest absolute Gasteiger partial charge is 0.337 e. The van der Waals surface area contributed by atoms with E-state index in [0.29, 0.717) is 17.9 Å². The summed E-state index contributed by atoms with van der Waals surface area (Å²) in [6, 6.07) is 8.67. The minimum Gasteiger partial charge on any atom is -0.337 e. The minimum atomic E-state index is 0.204. The summed E-state index contributed by atoms with van der Waals surface area (Å²) in [7, 11) is 0. The van der Waals surface area contributed by atoms with Gasteiger partial charge in [0, 0.05) is 36.1 Å². The van der Waals surface area contributed by atoms with E-state index in [4.69, 9.17) is 0 Å². The summed E-state index contributed by atoms with van der Waals surface area (Å²) >= 11 is 3.50. The Hall–Kier alpha value is -0.870. The van der Waals surface area contributed by atoms with Crippen LogP contribution >= 0.6 is 15.9 Å². The Morgan fingerprint density at radius 2 is 2.32 bits per heavy atom. The molecule has 1 aromatic rings. The van der Waals surface area contributed by atoms with Crippen molar-refractivity contribution in [1.82, 2.24) is 10.2 Å². The second kappa shape index (κ2) is 5.25. The van der Waals surface area contributed by atoms with Crippen LogP contribution in [-0.2, 0) is 4.79 Å². The standard InChI is InChI=1S/C15H19BrN2O/c1-10-9-17-5-6-18(10)15(19)14-8-13(14)11-3-2-4-12(16)7-11/h2-4,7,10,13-14,17H,5-6,8-9H2,1H3/t10-,13?,14?/m1/s1. The number of nitrogens with zero attached hydrogens (tertiary/aromatic N) is 1. The van der Waals surface area contributed by atoms with Crippen molar-refractivity contribution < 1.29 is 4.79 Å². The van der Waals surface area contributed by atoms with Crippen molar-refractivity contribution in [3.05, 3.63) is 34.3 Å². The first kappa shape index (κ1) is 13.1. The fraction of sp³-hybridized carbons (Fsp3) is 0.533. The smallest absolute Gasteiger partial charge is 0.226 e. The van der Waals surface area contributed by atoms with Crippen LogP contribution < -0.4 is 5.32 Å².